The minimum atomic E-state index is -0.218. The summed E-state index contributed by atoms with van der Waals surface area (Å²) in [6, 6.07) is 10.5. The van der Waals surface area contributed by atoms with Crippen molar-refractivity contribution in [2.24, 2.45) is 5.73 Å². The molecule has 3 N–H and O–H groups in total. The Morgan fingerprint density at radius 2 is 2.00 bits per heavy atom. The lowest BCUT2D eigenvalue weighted by atomic mass is 9.98. The van der Waals surface area contributed by atoms with Crippen LogP contribution in [-0.2, 0) is 4.79 Å². The Morgan fingerprint density at radius 1 is 1.29 bits per heavy atom. The third-order valence-electron chi connectivity index (χ3n) is 2.90. The zero-order chi connectivity index (χ0) is 12.5. The molecule has 3 heteroatoms. The number of carbonyl (C=O) groups is 1. The van der Waals surface area contributed by atoms with Crippen molar-refractivity contribution >= 4 is 5.91 Å². The van der Waals surface area contributed by atoms with Crippen LogP contribution in [0.25, 0.3) is 0 Å². The topological polar surface area (TPSA) is 55.1 Å². The molecule has 0 aliphatic carbocycles. The molecule has 0 aliphatic rings. The molecule has 0 aromatic heterocycles. The normalized spacial score (nSPS) is 12.3. The highest BCUT2D eigenvalue weighted by Gasteiger charge is 2.03. The fourth-order valence-electron chi connectivity index (χ4n) is 1.78. The van der Waals surface area contributed by atoms with Crippen LogP contribution in [0.4, 0.5) is 0 Å². The van der Waals surface area contributed by atoms with Gasteiger partial charge >= 0.3 is 0 Å². The second-order valence-corrected chi connectivity index (χ2v) is 4.42. The third-order valence-corrected chi connectivity index (χ3v) is 2.90. The first-order valence-corrected chi connectivity index (χ1v) is 6.24. The van der Waals surface area contributed by atoms with E-state index >= 15 is 0 Å². The largest absolute Gasteiger partial charge is 0.370 e. The van der Waals surface area contributed by atoms with Gasteiger partial charge in [0.1, 0.15) is 0 Å². The number of hydrogen-bond acceptors (Lipinski definition) is 2. The lowest BCUT2D eigenvalue weighted by Crippen LogP contribution is -2.20. The molecule has 17 heavy (non-hydrogen) atoms. The lowest BCUT2D eigenvalue weighted by Gasteiger charge is -2.12. The summed E-state index contributed by atoms with van der Waals surface area (Å²) in [5.41, 5.74) is 6.45. The van der Waals surface area contributed by atoms with Crippen LogP contribution in [0.1, 0.15) is 37.7 Å². The van der Waals surface area contributed by atoms with Gasteiger partial charge in [-0.05, 0) is 37.4 Å². The van der Waals surface area contributed by atoms with E-state index in [4.69, 9.17) is 5.73 Å². The van der Waals surface area contributed by atoms with E-state index in [2.05, 4.69) is 36.5 Å². The second-order valence-electron chi connectivity index (χ2n) is 4.42. The van der Waals surface area contributed by atoms with Crippen molar-refractivity contribution in [1.82, 2.24) is 5.32 Å². The van der Waals surface area contributed by atoms with Crippen molar-refractivity contribution in [2.75, 3.05) is 13.1 Å². The Bertz CT molecular complexity index is 324. The number of primary amides is 1. The van der Waals surface area contributed by atoms with Gasteiger partial charge in [0.25, 0.3) is 0 Å². The summed E-state index contributed by atoms with van der Waals surface area (Å²) in [7, 11) is 0. The molecular formula is C14H22N2O. The van der Waals surface area contributed by atoms with E-state index in [1.165, 1.54) is 5.56 Å². The molecule has 0 bridgehead atoms. The maximum absolute atomic E-state index is 10.5. The molecule has 0 radical (unpaired) electrons. The van der Waals surface area contributed by atoms with E-state index in [9.17, 15) is 4.79 Å². The van der Waals surface area contributed by atoms with E-state index in [1.807, 2.05) is 6.07 Å². The van der Waals surface area contributed by atoms with Gasteiger partial charge in [-0.25, -0.2) is 0 Å². The maximum atomic E-state index is 10.5. The first-order chi connectivity index (χ1) is 8.20. The molecule has 0 spiro atoms. The zero-order valence-corrected chi connectivity index (χ0v) is 10.5. The SMILES string of the molecule is CC(CCNCCCC(N)=O)c1ccccc1. The fourth-order valence-corrected chi connectivity index (χ4v) is 1.78. The molecule has 0 fully saturated rings. The summed E-state index contributed by atoms with van der Waals surface area (Å²) in [5.74, 6) is 0.351. The Labute approximate surface area is 103 Å². The minimum Gasteiger partial charge on any atom is -0.370 e. The summed E-state index contributed by atoms with van der Waals surface area (Å²) >= 11 is 0. The number of carbonyl (C=O) groups excluding carboxylic acids is 1. The molecule has 1 atom stereocenters. The highest BCUT2D eigenvalue weighted by atomic mass is 16.1. The Kier molecular flexibility index (Phi) is 6.33. The third kappa shape index (κ3) is 6.07. The first kappa shape index (κ1) is 13.7. The quantitative estimate of drug-likeness (QED) is 0.676. The molecule has 0 saturated carbocycles. The minimum absolute atomic E-state index is 0.218. The lowest BCUT2D eigenvalue weighted by molar-refractivity contribution is -0.118. The average Bonchev–Trinajstić information content (AvgIpc) is 2.34. The molecule has 1 amide bonds. The van der Waals surface area contributed by atoms with Crippen molar-refractivity contribution in [3.05, 3.63) is 35.9 Å². The zero-order valence-electron chi connectivity index (χ0n) is 10.5. The smallest absolute Gasteiger partial charge is 0.217 e. The van der Waals surface area contributed by atoms with Crippen molar-refractivity contribution in [3.63, 3.8) is 0 Å². The highest BCUT2D eigenvalue weighted by molar-refractivity contribution is 5.73. The van der Waals surface area contributed by atoms with Gasteiger partial charge in [0.15, 0.2) is 0 Å². The number of nitrogens with two attached hydrogens (primary N) is 1. The van der Waals surface area contributed by atoms with E-state index in [1.54, 1.807) is 0 Å². The van der Waals surface area contributed by atoms with Crippen LogP contribution in [0.15, 0.2) is 30.3 Å². The number of rotatable bonds is 8. The number of nitrogens with one attached hydrogen (secondary N) is 1. The Morgan fingerprint density at radius 3 is 2.65 bits per heavy atom. The Hall–Kier alpha value is -1.35. The van der Waals surface area contributed by atoms with Crippen molar-refractivity contribution < 1.29 is 4.79 Å². The number of hydrogen-bond donors (Lipinski definition) is 2. The predicted octanol–water partition coefficient (Wildman–Crippen LogP) is 2.04. The summed E-state index contributed by atoms with van der Waals surface area (Å²) in [6.07, 6.45) is 2.41. The van der Waals surface area contributed by atoms with Gasteiger partial charge in [-0.3, -0.25) is 4.79 Å². The van der Waals surface area contributed by atoms with Crippen molar-refractivity contribution in [3.8, 4) is 0 Å². The summed E-state index contributed by atoms with van der Waals surface area (Å²) in [6.45, 7) is 4.08. The van der Waals surface area contributed by atoms with E-state index in [0.29, 0.717) is 12.3 Å². The van der Waals surface area contributed by atoms with Gasteiger partial charge < -0.3 is 11.1 Å². The van der Waals surface area contributed by atoms with Crippen LogP contribution < -0.4 is 11.1 Å². The van der Waals surface area contributed by atoms with Crippen molar-refractivity contribution in [1.29, 1.82) is 0 Å². The van der Waals surface area contributed by atoms with Gasteiger partial charge in [0, 0.05) is 6.42 Å². The molecule has 0 saturated heterocycles. The van der Waals surface area contributed by atoms with E-state index in [0.717, 1.165) is 25.9 Å². The van der Waals surface area contributed by atoms with E-state index in [-0.39, 0.29) is 5.91 Å². The number of amides is 1. The first-order valence-electron chi connectivity index (χ1n) is 6.24. The van der Waals surface area contributed by atoms with Crippen LogP contribution in [0.2, 0.25) is 0 Å². The van der Waals surface area contributed by atoms with Crippen LogP contribution >= 0.6 is 0 Å². The van der Waals surface area contributed by atoms with Gasteiger partial charge in [0.05, 0.1) is 0 Å². The van der Waals surface area contributed by atoms with E-state index < -0.39 is 0 Å². The predicted molar refractivity (Wildman–Crippen MR) is 70.8 cm³/mol. The summed E-state index contributed by atoms with van der Waals surface area (Å²) in [4.78, 5) is 10.5. The molecule has 1 rings (SSSR count). The monoisotopic (exact) mass is 234 g/mol. The molecule has 1 aromatic rings. The van der Waals surface area contributed by atoms with Crippen LogP contribution in [0.5, 0.6) is 0 Å². The molecule has 0 heterocycles. The van der Waals surface area contributed by atoms with Gasteiger partial charge in [-0.15, -0.1) is 0 Å². The standard InChI is InChI=1S/C14H22N2O/c1-12(13-6-3-2-4-7-13)9-11-16-10-5-8-14(15)17/h2-4,6-7,12,16H,5,8-11H2,1H3,(H2,15,17). The summed E-state index contributed by atoms with van der Waals surface area (Å²) in [5, 5.41) is 3.33. The molecule has 0 aliphatic heterocycles. The average molecular weight is 234 g/mol. The highest BCUT2D eigenvalue weighted by Crippen LogP contribution is 2.17. The molecule has 94 valence electrons. The molecule has 1 unspecified atom stereocenters. The van der Waals surface area contributed by atoms with Gasteiger partial charge in [0.2, 0.25) is 5.91 Å². The maximum Gasteiger partial charge on any atom is 0.217 e. The van der Waals surface area contributed by atoms with Crippen LogP contribution in [0, 0.1) is 0 Å². The number of benzene rings is 1. The van der Waals surface area contributed by atoms with Crippen LogP contribution in [-0.4, -0.2) is 19.0 Å². The molecular weight excluding hydrogens is 212 g/mol. The molecule has 3 nitrogen and oxygen atoms in total. The van der Waals surface area contributed by atoms with Gasteiger partial charge in [-0.1, -0.05) is 37.3 Å². The Balaban J connectivity index is 2.09. The molecule has 1 aromatic carbocycles. The van der Waals surface area contributed by atoms with Crippen LogP contribution in [0.3, 0.4) is 0 Å². The van der Waals surface area contributed by atoms with Crippen molar-refractivity contribution in [2.45, 2.75) is 32.1 Å². The second kappa shape index (κ2) is 7.85. The fraction of sp³-hybridized carbons (Fsp3) is 0.500. The summed E-state index contributed by atoms with van der Waals surface area (Å²) < 4.78 is 0. The van der Waals surface area contributed by atoms with Gasteiger partial charge in [-0.2, -0.15) is 0 Å².